The van der Waals surface area contributed by atoms with Gasteiger partial charge in [0.15, 0.2) is 21.5 Å². The van der Waals surface area contributed by atoms with Crippen LogP contribution in [-0.2, 0) is 19.3 Å². The minimum Gasteiger partial charge on any atom is -0.496 e. The maximum Gasteiger partial charge on any atom is 0.185 e. The number of ether oxygens (including phenoxy) is 4. The number of hydrogen-bond acceptors (Lipinski definition) is 13. The molecule has 6 aromatic rings. The molecule has 0 aliphatic carbocycles. The lowest BCUT2D eigenvalue weighted by Crippen LogP contribution is -2.29. The SMILES string of the molecule is C.COc1cc2nccc(Nc3n[nH]c(C)c3C)c2cc1S(=O)(=O)C1CCOCC1.COc1cc2nccc(Nc3n[nH]c(C)c3C)c2cc1SC1CCOCC1. The molecule has 16 heteroatoms. The normalized spacial score (nSPS) is 15.1. The predicted octanol–water partition coefficient (Wildman–Crippen LogP) is 8.51. The minimum absolute atomic E-state index is 0. The zero-order chi connectivity index (χ0) is 39.4. The summed E-state index contributed by atoms with van der Waals surface area (Å²) in [5.74, 6) is 2.71. The van der Waals surface area contributed by atoms with Crippen LogP contribution in [-0.4, -0.2) is 89.9 Å². The molecule has 57 heavy (non-hydrogen) atoms. The molecule has 4 aromatic heterocycles. The van der Waals surface area contributed by atoms with Gasteiger partial charge in [0.1, 0.15) is 16.4 Å². The van der Waals surface area contributed by atoms with Gasteiger partial charge in [-0.15, -0.1) is 11.8 Å². The third-order valence-corrected chi connectivity index (χ3v) is 14.1. The van der Waals surface area contributed by atoms with E-state index in [-0.39, 0.29) is 12.3 Å². The number of nitrogens with zero attached hydrogens (tertiary/aromatic N) is 4. The first-order valence-electron chi connectivity index (χ1n) is 18.6. The first-order chi connectivity index (χ1) is 27.1. The molecule has 2 aromatic carbocycles. The lowest BCUT2D eigenvalue weighted by molar-refractivity contribution is 0.0983. The molecular weight excluding hydrogens is 765 g/mol. The highest BCUT2D eigenvalue weighted by atomic mass is 32.2. The second-order valence-corrected chi connectivity index (χ2v) is 17.5. The Morgan fingerprint density at radius 2 is 1.21 bits per heavy atom. The van der Waals surface area contributed by atoms with Crippen molar-refractivity contribution in [2.24, 2.45) is 0 Å². The van der Waals surface area contributed by atoms with Gasteiger partial charge < -0.3 is 29.6 Å². The molecule has 0 radical (unpaired) electrons. The predicted molar refractivity (Wildman–Crippen MR) is 227 cm³/mol. The quantitative estimate of drug-likeness (QED) is 0.104. The van der Waals surface area contributed by atoms with Gasteiger partial charge in [-0.3, -0.25) is 20.2 Å². The number of anilines is 4. The van der Waals surface area contributed by atoms with Gasteiger partial charge in [0.25, 0.3) is 0 Å². The zero-order valence-corrected chi connectivity index (χ0v) is 34.1. The molecule has 0 bridgehead atoms. The number of methoxy groups -OCH3 is 2. The number of aryl methyl sites for hydroxylation is 2. The van der Waals surface area contributed by atoms with Gasteiger partial charge in [0.2, 0.25) is 0 Å². The number of thioether (sulfide) groups is 1. The fraction of sp³-hybridized carbons (Fsp3) is 0.415. The first kappa shape index (κ1) is 41.7. The van der Waals surface area contributed by atoms with E-state index in [9.17, 15) is 8.42 Å². The molecule has 0 saturated carbocycles. The Hall–Kier alpha value is -4.90. The number of hydrogen-bond donors (Lipinski definition) is 4. The summed E-state index contributed by atoms with van der Waals surface area (Å²) in [4.78, 5) is 10.2. The lowest BCUT2D eigenvalue weighted by atomic mass is 10.1. The van der Waals surface area contributed by atoms with Gasteiger partial charge >= 0.3 is 0 Å². The average Bonchev–Trinajstić information content (AvgIpc) is 3.71. The van der Waals surface area contributed by atoms with E-state index in [1.54, 1.807) is 25.4 Å². The van der Waals surface area contributed by atoms with Crippen LogP contribution in [0.2, 0.25) is 0 Å². The van der Waals surface area contributed by atoms with Gasteiger partial charge in [-0.1, -0.05) is 7.43 Å². The molecule has 8 rings (SSSR count). The molecule has 0 atom stereocenters. The van der Waals surface area contributed by atoms with Gasteiger partial charge in [-0.25, -0.2) is 8.42 Å². The van der Waals surface area contributed by atoms with Gasteiger partial charge in [-0.05, 0) is 77.6 Å². The fourth-order valence-electron chi connectivity index (χ4n) is 6.77. The van der Waals surface area contributed by atoms with Crippen molar-refractivity contribution in [3.63, 3.8) is 0 Å². The van der Waals surface area contributed by atoms with E-state index in [0.29, 0.717) is 53.8 Å². The number of nitrogens with one attached hydrogen (secondary N) is 4. The van der Waals surface area contributed by atoms with Crippen LogP contribution in [0.15, 0.2) is 58.6 Å². The van der Waals surface area contributed by atoms with E-state index >= 15 is 0 Å². The standard InChI is InChI=1S/C20H24N4O4S.C20H24N4O2S.CH4/c1-12-13(2)23-24-20(12)22-16-4-7-21-17-11-18(27-3)19(10-15(16)17)29(25,26)14-5-8-28-9-6-14;1-12-13(2)23-24-20(12)22-16-4-7-21-17-11-18(25-3)19(10-15(16)17)27-14-5-8-26-9-6-14;/h4,7,10-11,14H,5-6,8-9H2,1-3H3,(H2,21,22,23,24);4,7,10-11,14H,5-6,8-9H2,1-3H3,(H2,21,22,23,24);1H4. The number of sulfone groups is 1. The van der Waals surface area contributed by atoms with E-state index in [0.717, 1.165) is 87.3 Å². The van der Waals surface area contributed by atoms with Crippen LogP contribution in [0.4, 0.5) is 23.0 Å². The van der Waals surface area contributed by atoms with Crippen molar-refractivity contribution in [3.05, 3.63) is 71.3 Å². The number of pyridine rings is 2. The number of aromatic nitrogens is 6. The maximum atomic E-state index is 13.3. The van der Waals surface area contributed by atoms with Crippen molar-refractivity contribution in [3.8, 4) is 11.5 Å². The molecule has 2 aliphatic heterocycles. The molecule has 0 spiro atoms. The zero-order valence-electron chi connectivity index (χ0n) is 32.5. The topological polar surface area (TPSA) is 178 Å². The molecule has 304 valence electrons. The molecule has 0 unspecified atom stereocenters. The Labute approximate surface area is 338 Å². The van der Waals surface area contributed by atoms with Gasteiger partial charge in [0, 0.05) is 89.5 Å². The second-order valence-electron chi connectivity index (χ2n) is 13.9. The van der Waals surface area contributed by atoms with Crippen molar-refractivity contribution in [1.82, 2.24) is 30.4 Å². The highest BCUT2D eigenvalue weighted by Crippen LogP contribution is 2.41. The lowest BCUT2D eigenvalue weighted by Gasteiger charge is -2.23. The van der Waals surface area contributed by atoms with E-state index in [2.05, 4.69) is 54.0 Å². The van der Waals surface area contributed by atoms with Crippen LogP contribution in [0.5, 0.6) is 11.5 Å². The number of benzene rings is 2. The molecule has 2 aliphatic rings. The summed E-state index contributed by atoms with van der Waals surface area (Å²) in [7, 11) is -0.382. The summed E-state index contributed by atoms with van der Waals surface area (Å²) in [6.07, 6.45) is 6.57. The summed E-state index contributed by atoms with van der Waals surface area (Å²) in [6, 6.07) is 11.3. The van der Waals surface area contributed by atoms with Crippen molar-refractivity contribution in [2.75, 3.05) is 51.3 Å². The summed E-state index contributed by atoms with van der Waals surface area (Å²) in [6.45, 7) is 10.6. The molecule has 0 amide bonds. The number of aromatic amines is 2. The van der Waals surface area contributed by atoms with Crippen LogP contribution in [0.1, 0.15) is 55.6 Å². The van der Waals surface area contributed by atoms with Crippen molar-refractivity contribution < 1.29 is 27.4 Å². The molecule has 4 N–H and O–H groups in total. The van der Waals surface area contributed by atoms with Crippen LogP contribution >= 0.6 is 11.8 Å². The molecule has 14 nitrogen and oxygen atoms in total. The number of H-pyrrole nitrogens is 2. The van der Waals surface area contributed by atoms with Crippen molar-refractivity contribution in [1.29, 1.82) is 0 Å². The van der Waals surface area contributed by atoms with E-state index in [4.69, 9.17) is 18.9 Å². The minimum atomic E-state index is -3.57. The van der Waals surface area contributed by atoms with Crippen LogP contribution in [0.3, 0.4) is 0 Å². The summed E-state index contributed by atoms with van der Waals surface area (Å²) < 4.78 is 48.6. The van der Waals surface area contributed by atoms with Crippen molar-refractivity contribution in [2.45, 2.75) is 81.1 Å². The van der Waals surface area contributed by atoms with E-state index < -0.39 is 15.1 Å². The molecular formula is C41H52N8O6S2. The monoisotopic (exact) mass is 816 g/mol. The Morgan fingerprint density at radius 3 is 1.70 bits per heavy atom. The van der Waals surface area contributed by atoms with E-state index in [1.165, 1.54) is 7.11 Å². The Bertz CT molecular complexity index is 2440. The number of rotatable bonds is 10. The smallest absolute Gasteiger partial charge is 0.185 e. The average molecular weight is 817 g/mol. The van der Waals surface area contributed by atoms with Gasteiger partial charge in [-0.2, -0.15) is 10.2 Å². The van der Waals surface area contributed by atoms with Crippen molar-refractivity contribution >= 4 is 66.4 Å². The second kappa shape index (κ2) is 18.1. The largest absolute Gasteiger partial charge is 0.496 e. The third-order valence-electron chi connectivity index (χ3n) is 10.4. The third kappa shape index (κ3) is 8.98. The Balaban J connectivity index is 0.000000190. The molecule has 2 fully saturated rings. The maximum absolute atomic E-state index is 13.3. The molecule has 2 saturated heterocycles. The molecule has 6 heterocycles. The fourth-order valence-corrected chi connectivity index (χ4v) is 9.88. The number of fused-ring (bicyclic) bond motifs is 2. The van der Waals surface area contributed by atoms with E-state index in [1.807, 2.05) is 56.9 Å². The van der Waals surface area contributed by atoms with Crippen LogP contribution < -0.4 is 20.1 Å². The first-order valence-corrected chi connectivity index (χ1v) is 21.1. The van der Waals surface area contributed by atoms with Crippen LogP contribution in [0.25, 0.3) is 21.8 Å². The summed E-state index contributed by atoms with van der Waals surface area (Å²) in [5.41, 5.74) is 7.41. The Kier molecular flexibility index (Phi) is 13.3. The summed E-state index contributed by atoms with van der Waals surface area (Å²) in [5, 5.41) is 23.2. The highest BCUT2D eigenvalue weighted by Gasteiger charge is 2.32. The summed E-state index contributed by atoms with van der Waals surface area (Å²) >= 11 is 1.87. The van der Waals surface area contributed by atoms with Gasteiger partial charge in [0.05, 0.1) is 46.8 Å². The van der Waals surface area contributed by atoms with Crippen LogP contribution in [0, 0.1) is 27.7 Å². The Morgan fingerprint density at radius 1 is 0.719 bits per heavy atom. The highest BCUT2D eigenvalue weighted by molar-refractivity contribution is 8.00.